The van der Waals surface area contributed by atoms with Crippen LogP contribution in [0.4, 0.5) is 23.2 Å². The number of ether oxygens (including phenoxy) is 1. The lowest BCUT2D eigenvalue weighted by Gasteiger charge is -2.34. The average molecular weight is 526 g/mol. The molecule has 1 aliphatic rings. The lowest BCUT2D eigenvalue weighted by Crippen LogP contribution is -2.38. The van der Waals surface area contributed by atoms with Gasteiger partial charge in [-0.15, -0.1) is 0 Å². The maximum absolute atomic E-state index is 14.6. The molecular weight excluding hydrogens is 504 g/mol. The molecular formula is C26H22F4N6O2. The van der Waals surface area contributed by atoms with E-state index in [4.69, 9.17) is 4.74 Å². The average Bonchev–Trinajstić information content (AvgIpc) is 3.19. The zero-order chi connectivity index (χ0) is 27.0. The molecule has 1 fully saturated rings. The number of nitriles is 1. The summed E-state index contributed by atoms with van der Waals surface area (Å²) in [6, 6.07) is 11.1. The number of benzene rings is 2. The van der Waals surface area contributed by atoms with Gasteiger partial charge in [0, 0.05) is 30.9 Å². The SMILES string of the molecule is COc1cccc2c1n(Cc1cncnc1C(F)(F)F)c(=O)n2C1CCN(c2c(F)cccc2C#N)CC1. The first-order valence-corrected chi connectivity index (χ1v) is 11.8. The molecule has 3 heterocycles. The predicted octanol–water partition coefficient (Wildman–Crippen LogP) is 4.52. The van der Waals surface area contributed by atoms with Gasteiger partial charge in [0.1, 0.15) is 29.5 Å². The Bertz CT molecular complexity index is 1600. The van der Waals surface area contributed by atoms with Crippen molar-refractivity contribution < 1.29 is 22.3 Å². The van der Waals surface area contributed by atoms with Crippen LogP contribution in [0.5, 0.6) is 5.75 Å². The summed E-state index contributed by atoms with van der Waals surface area (Å²) >= 11 is 0. The number of fused-ring (bicyclic) bond motifs is 1. The number of aromatic nitrogens is 4. The second-order valence-corrected chi connectivity index (χ2v) is 8.93. The third kappa shape index (κ3) is 4.34. The smallest absolute Gasteiger partial charge is 0.433 e. The monoisotopic (exact) mass is 526 g/mol. The molecule has 1 saturated heterocycles. The summed E-state index contributed by atoms with van der Waals surface area (Å²) in [5.74, 6) is -0.155. The Balaban J connectivity index is 1.54. The van der Waals surface area contributed by atoms with Gasteiger partial charge in [-0.2, -0.15) is 18.4 Å². The quantitative estimate of drug-likeness (QED) is 0.356. The van der Waals surface area contributed by atoms with Gasteiger partial charge < -0.3 is 9.64 Å². The molecule has 0 N–H and O–H groups in total. The van der Waals surface area contributed by atoms with E-state index in [1.54, 1.807) is 33.7 Å². The van der Waals surface area contributed by atoms with E-state index in [0.29, 0.717) is 42.7 Å². The summed E-state index contributed by atoms with van der Waals surface area (Å²) < 4.78 is 63.7. The van der Waals surface area contributed by atoms with Gasteiger partial charge in [0.15, 0.2) is 5.69 Å². The minimum absolute atomic E-state index is 0.229. The normalized spacial score (nSPS) is 14.6. The number of piperidine rings is 1. The first kappa shape index (κ1) is 25.3. The van der Waals surface area contributed by atoms with Gasteiger partial charge in [0.05, 0.1) is 30.4 Å². The molecule has 0 spiro atoms. The highest BCUT2D eigenvalue weighted by Crippen LogP contribution is 2.35. The Morgan fingerprint density at radius 1 is 1.16 bits per heavy atom. The van der Waals surface area contributed by atoms with Crippen LogP contribution < -0.4 is 15.3 Å². The number of halogens is 4. The van der Waals surface area contributed by atoms with Crippen LogP contribution in [0.2, 0.25) is 0 Å². The van der Waals surface area contributed by atoms with E-state index in [-0.39, 0.29) is 22.9 Å². The van der Waals surface area contributed by atoms with Gasteiger partial charge in [0.25, 0.3) is 0 Å². The fourth-order valence-corrected chi connectivity index (χ4v) is 5.14. The lowest BCUT2D eigenvalue weighted by atomic mass is 10.0. The van der Waals surface area contributed by atoms with Crippen molar-refractivity contribution in [1.82, 2.24) is 19.1 Å². The third-order valence-electron chi connectivity index (χ3n) is 6.80. The van der Waals surface area contributed by atoms with Crippen molar-refractivity contribution in [1.29, 1.82) is 5.26 Å². The van der Waals surface area contributed by atoms with Crippen LogP contribution in [-0.4, -0.2) is 39.3 Å². The third-order valence-corrected chi connectivity index (χ3v) is 6.80. The standard InChI is InChI=1S/C26H22F4N6O2/c1-38-21-7-3-6-20-23(21)35(14-17-13-32-15-33-24(17)26(28,29)30)25(37)36(20)18-8-10-34(11-9-18)22-16(12-31)4-2-5-19(22)27/h2-7,13,15,18H,8-11,14H2,1H3. The van der Waals surface area contributed by atoms with Crippen LogP contribution >= 0.6 is 0 Å². The Hall–Kier alpha value is -4.40. The second-order valence-electron chi connectivity index (χ2n) is 8.93. The minimum atomic E-state index is -4.72. The molecule has 8 nitrogen and oxygen atoms in total. The van der Waals surface area contributed by atoms with E-state index in [0.717, 1.165) is 12.5 Å². The van der Waals surface area contributed by atoms with Crippen LogP contribution in [0.15, 0.2) is 53.7 Å². The van der Waals surface area contributed by atoms with Crippen LogP contribution in [-0.2, 0) is 12.7 Å². The van der Waals surface area contributed by atoms with Gasteiger partial charge in [0.2, 0.25) is 0 Å². The van der Waals surface area contributed by atoms with Crippen molar-refractivity contribution in [2.75, 3.05) is 25.1 Å². The molecule has 4 aromatic rings. The summed E-state index contributed by atoms with van der Waals surface area (Å²) in [5, 5.41) is 9.42. The van der Waals surface area contributed by atoms with E-state index in [9.17, 15) is 27.6 Å². The molecule has 0 saturated carbocycles. The van der Waals surface area contributed by atoms with E-state index in [1.165, 1.54) is 23.8 Å². The highest BCUT2D eigenvalue weighted by Gasteiger charge is 2.36. The van der Waals surface area contributed by atoms with E-state index in [2.05, 4.69) is 9.97 Å². The second kappa shape index (κ2) is 9.81. The molecule has 0 radical (unpaired) electrons. The van der Waals surface area contributed by atoms with Gasteiger partial charge >= 0.3 is 11.9 Å². The van der Waals surface area contributed by atoms with E-state index < -0.39 is 29.9 Å². The first-order valence-electron chi connectivity index (χ1n) is 11.8. The Morgan fingerprint density at radius 3 is 2.58 bits per heavy atom. The number of hydrogen-bond acceptors (Lipinski definition) is 6. The van der Waals surface area contributed by atoms with Crippen molar-refractivity contribution in [3.63, 3.8) is 0 Å². The molecule has 0 atom stereocenters. The summed E-state index contributed by atoms with van der Waals surface area (Å²) in [7, 11) is 1.42. The van der Waals surface area contributed by atoms with Crippen molar-refractivity contribution >= 4 is 16.7 Å². The molecule has 0 unspecified atom stereocenters. The van der Waals surface area contributed by atoms with Crippen molar-refractivity contribution in [2.45, 2.75) is 31.6 Å². The highest BCUT2D eigenvalue weighted by molar-refractivity contribution is 5.83. The van der Waals surface area contributed by atoms with Crippen LogP contribution in [0.1, 0.15) is 35.7 Å². The topological polar surface area (TPSA) is 89.0 Å². The maximum Gasteiger partial charge on any atom is 0.433 e. The first-order chi connectivity index (χ1) is 18.2. The summed E-state index contributed by atoms with van der Waals surface area (Å²) in [6.45, 7) is 0.361. The molecule has 2 aromatic carbocycles. The Kier molecular flexibility index (Phi) is 6.52. The highest BCUT2D eigenvalue weighted by atomic mass is 19.4. The molecule has 1 aliphatic heterocycles. The molecule has 2 aromatic heterocycles. The van der Waals surface area contributed by atoms with E-state index >= 15 is 0 Å². The van der Waals surface area contributed by atoms with Gasteiger partial charge in [-0.25, -0.2) is 19.2 Å². The molecule has 12 heteroatoms. The lowest BCUT2D eigenvalue weighted by molar-refractivity contribution is -0.142. The fourth-order valence-electron chi connectivity index (χ4n) is 5.14. The number of rotatable bonds is 5. The Labute approximate surface area is 214 Å². The predicted molar refractivity (Wildman–Crippen MR) is 130 cm³/mol. The van der Waals surface area contributed by atoms with Crippen LogP contribution in [0.25, 0.3) is 11.0 Å². The number of para-hydroxylation sites is 2. The van der Waals surface area contributed by atoms with Gasteiger partial charge in [-0.05, 0) is 37.1 Å². The largest absolute Gasteiger partial charge is 0.494 e. The summed E-state index contributed by atoms with van der Waals surface area (Å²) in [4.78, 5) is 22.7. The van der Waals surface area contributed by atoms with Crippen molar-refractivity contribution in [3.8, 4) is 11.8 Å². The zero-order valence-corrected chi connectivity index (χ0v) is 20.2. The maximum atomic E-state index is 14.6. The number of methoxy groups -OCH3 is 1. The number of imidazole rings is 1. The van der Waals surface area contributed by atoms with Gasteiger partial charge in [-0.3, -0.25) is 9.13 Å². The zero-order valence-electron chi connectivity index (χ0n) is 20.2. The molecule has 0 bridgehead atoms. The minimum Gasteiger partial charge on any atom is -0.494 e. The van der Waals surface area contributed by atoms with Crippen molar-refractivity contribution in [3.05, 3.63) is 82.0 Å². The number of anilines is 1. The molecule has 0 amide bonds. The van der Waals surface area contributed by atoms with E-state index in [1.807, 2.05) is 6.07 Å². The Morgan fingerprint density at radius 2 is 1.89 bits per heavy atom. The fraction of sp³-hybridized carbons (Fsp3) is 0.308. The number of alkyl halides is 3. The molecule has 5 rings (SSSR count). The number of nitrogens with zero attached hydrogens (tertiary/aromatic N) is 6. The van der Waals surface area contributed by atoms with Crippen LogP contribution in [0, 0.1) is 17.1 Å². The van der Waals surface area contributed by atoms with Crippen LogP contribution in [0.3, 0.4) is 0 Å². The van der Waals surface area contributed by atoms with Gasteiger partial charge in [-0.1, -0.05) is 12.1 Å². The molecule has 0 aliphatic carbocycles. The summed E-state index contributed by atoms with van der Waals surface area (Å²) in [5.41, 5.74) is -0.515. The molecule has 38 heavy (non-hydrogen) atoms. The molecule has 196 valence electrons. The van der Waals surface area contributed by atoms with Crippen molar-refractivity contribution in [2.24, 2.45) is 0 Å². The summed E-state index contributed by atoms with van der Waals surface area (Å²) in [6.07, 6.45) is -1.93. The number of hydrogen-bond donors (Lipinski definition) is 0.